The van der Waals surface area contributed by atoms with Crippen LogP contribution in [0.2, 0.25) is 0 Å². The first kappa shape index (κ1) is 13.5. The summed E-state index contributed by atoms with van der Waals surface area (Å²) in [6.07, 6.45) is 0.750. The molecule has 0 aromatic heterocycles. The minimum absolute atomic E-state index is 0.0162. The molecule has 5 heteroatoms. The van der Waals surface area contributed by atoms with Crippen molar-refractivity contribution in [2.45, 2.75) is 18.7 Å². The Morgan fingerprint density at radius 3 is 2.88 bits per heavy atom. The molecule has 0 aliphatic heterocycles. The van der Waals surface area contributed by atoms with Crippen LogP contribution in [0.5, 0.6) is 0 Å². The molecule has 1 aromatic rings. The fourth-order valence-corrected chi connectivity index (χ4v) is 1.75. The fourth-order valence-electron chi connectivity index (χ4n) is 1.15. The summed E-state index contributed by atoms with van der Waals surface area (Å²) in [5.74, 6) is -1.00. The van der Waals surface area contributed by atoms with Crippen molar-refractivity contribution in [1.82, 2.24) is 5.32 Å². The molecule has 0 saturated heterocycles. The number of carbonyl (C=O) groups is 1. The molecular weight excluding hydrogens is 296 g/mol. The maximum Gasteiger partial charge on any atom is 0.255 e. The fraction of sp³-hybridized carbons (Fsp3) is 0.364. The lowest BCUT2D eigenvalue weighted by Crippen LogP contribution is -2.30. The van der Waals surface area contributed by atoms with Crippen molar-refractivity contribution in [2.24, 2.45) is 0 Å². The SMILES string of the molecule is CCC(Cl)CNC(=O)c1c(F)cccc1Br. The molecule has 0 spiro atoms. The first-order valence-electron chi connectivity index (χ1n) is 4.92. The van der Waals surface area contributed by atoms with Gasteiger partial charge in [0.1, 0.15) is 5.82 Å². The number of alkyl halides is 1. The van der Waals surface area contributed by atoms with Gasteiger partial charge in [-0.15, -0.1) is 11.6 Å². The topological polar surface area (TPSA) is 29.1 Å². The number of halogens is 3. The van der Waals surface area contributed by atoms with Crippen molar-refractivity contribution < 1.29 is 9.18 Å². The molecule has 1 N–H and O–H groups in total. The summed E-state index contributed by atoms with van der Waals surface area (Å²) < 4.78 is 13.8. The van der Waals surface area contributed by atoms with E-state index in [1.807, 2.05) is 6.92 Å². The minimum Gasteiger partial charge on any atom is -0.350 e. The standard InChI is InChI=1S/C11H12BrClFNO/c1-2-7(13)6-15-11(16)10-8(12)4-3-5-9(10)14/h3-5,7H,2,6H2,1H3,(H,15,16). The van der Waals surface area contributed by atoms with Gasteiger partial charge in [-0.2, -0.15) is 0 Å². The van der Waals surface area contributed by atoms with Gasteiger partial charge >= 0.3 is 0 Å². The first-order valence-corrected chi connectivity index (χ1v) is 6.15. The van der Waals surface area contributed by atoms with E-state index < -0.39 is 11.7 Å². The third-order valence-electron chi connectivity index (χ3n) is 2.12. The zero-order valence-corrected chi connectivity index (χ0v) is 11.1. The predicted octanol–water partition coefficient (Wildman–Crippen LogP) is 3.34. The molecule has 0 radical (unpaired) electrons. The quantitative estimate of drug-likeness (QED) is 0.849. The normalized spacial score (nSPS) is 12.2. The maximum atomic E-state index is 13.4. The van der Waals surface area contributed by atoms with Gasteiger partial charge < -0.3 is 5.32 Å². The molecule has 0 saturated carbocycles. The second-order valence-electron chi connectivity index (χ2n) is 3.31. The number of amides is 1. The largest absolute Gasteiger partial charge is 0.350 e. The number of hydrogen-bond donors (Lipinski definition) is 1. The van der Waals surface area contributed by atoms with Crippen molar-refractivity contribution in [3.63, 3.8) is 0 Å². The van der Waals surface area contributed by atoms with Gasteiger partial charge in [-0.3, -0.25) is 4.79 Å². The van der Waals surface area contributed by atoms with E-state index >= 15 is 0 Å². The number of benzene rings is 1. The molecule has 0 aliphatic carbocycles. The van der Waals surface area contributed by atoms with E-state index in [9.17, 15) is 9.18 Å². The van der Waals surface area contributed by atoms with Gasteiger partial charge in [-0.25, -0.2) is 4.39 Å². The number of nitrogens with one attached hydrogen (secondary N) is 1. The summed E-state index contributed by atoms with van der Waals surface area (Å²) in [5, 5.41) is 2.46. The lowest BCUT2D eigenvalue weighted by atomic mass is 10.2. The molecule has 1 aromatic carbocycles. The van der Waals surface area contributed by atoms with Crippen LogP contribution < -0.4 is 5.32 Å². The monoisotopic (exact) mass is 307 g/mol. The first-order chi connectivity index (χ1) is 7.56. The van der Waals surface area contributed by atoms with Crippen molar-refractivity contribution in [1.29, 1.82) is 0 Å². The lowest BCUT2D eigenvalue weighted by molar-refractivity contribution is 0.0948. The maximum absolute atomic E-state index is 13.4. The molecule has 88 valence electrons. The van der Waals surface area contributed by atoms with Crippen LogP contribution in [0.1, 0.15) is 23.7 Å². The zero-order chi connectivity index (χ0) is 12.1. The molecule has 2 nitrogen and oxygen atoms in total. The molecule has 0 fully saturated rings. The van der Waals surface area contributed by atoms with Crippen molar-refractivity contribution >= 4 is 33.4 Å². The summed E-state index contributed by atoms with van der Waals surface area (Å²) in [4.78, 5) is 11.7. The predicted molar refractivity (Wildman–Crippen MR) is 66.4 cm³/mol. The Bertz CT molecular complexity index is 366. The molecule has 0 aliphatic rings. The van der Waals surface area contributed by atoms with Gasteiger partial charge in [0.15, 0.2) is 0 Å². The van der Waals surface area contributed by atoms with Gasteiger partial charge in [0.05, 0.1) is 10.9 Å². The second-order valence-corrected chi connectivity index (χ2v) is 4.78. The number of rotatable bonds is 4. The third-order valence-corrected chi connectivity index (χ3v) is 3.24. The molecule has 1 rings (SSSR count). The van der Waals surface area contributed by atoms with Crippen LogP contribution in [0.4, 0.5) is 4.39 Å². The highest BCUT2D eigenvalue weighted by molar-refractivity contribution is 9.10. The Morgan fingerprint density at radius 2 is 2.31 bits per heavy atom. The highest BCUT2D eigenvalue weighted by atomic mass is 79.9. The van der Waals surface area contributed by atoms with Crippen LogP contribution >= 0.6 is 27.5 Å². The van der Waals surface area contributed by atoms with Crippen LogP contribution in [0, 0.1) is 5.82 Å². The summed E-state index contributed by atoms with van der Waals surface area (Å²) in [6.45, 7) is 2.25. The molecule has 0 heterocycles. The lowest BCUT2D eigenvalue weighted by Gasteiger charge is -2.10. The van der Waals surface area contributed by atoms with Crippen molar-refractivity contribution in [3.8, 4) is 0 Å². The van der Waals surface area contributed by atoms with E-state index in [1.54, 1.807) is 6.07 Å². The molecule has 1 amide bonds. The molecule has 0 bridgehead atoms. The van der Waals surface area contributed by atoms with Gasteiger partial charge in [0.25, 0.3) is 5.91 Å². The Hall–Kier alpha value is -0.610. The van der Waals surface area contributed by atoms with Crippen LogP contribution in [-0.2, 0) is 0 Å². The molecule has 1 unspecified atom stereocenters. The van der Waals surface area contributed by atoms with Crippen molar-refractivity contribution in [2.75, 3.05) is 6.54 Å². The average Bonchev–Trinajstić information content (AvgIpc) is 2.25. The zero-order valence-electron chi connectivity index (χ0n) is 8.77. The van der Waals surface area contributed by atoms with Gasteiger partial charge in [-0.05, 0) is 34.5 Å². The second kappa shape index (κ2) is 6.21. The van der Waals surface area contributed by atoms with E-state index in [1.165, 1.54) is 12.1 Å². The van der Waals surface area contributed by atoms with Crippen molar-refractivity contribution in [3.05, 3.63) is 34.1 Å². The highest BCUT2D eigenvalue weighted by Gasteiger charge is 2.15. The van der Waals surface area contributed by atoms with E-state index in [2.05, 4.69) is 21.2 Å². The Kier molecular flexibility index (Phi) is 5.22. The molecule has 16 heavy (non-hydrogen) atoms. The molecule has 1 atom stereocenters. The summed E-state index contributed by atoms with van der Waals surface area (Å²) in [5.41, 5.74) is 0.0162. The van der Waals surface area contributed by atoms with Crippen LogP contribution in [-0.4, -0.2) is 17.8 Å². The number of hydrogen-bond acceptors (Lipinski definition) is 1. The Balaban J connectivity index is 2.73. The summed E-state index contributed by atoms with van der Waals surface area (Å²) >= 11 is 8.99. The minimum atomic E-state index is -0.547. The van der Waals surface area contributed by atoms with E-state index in [0.29, 0.717) is 11.0 Å². The Labute approximate surface area is 107 Å². The van der Waals surface area contributed by atoms with E-state index in [0.717, 1.165) is 6.42 Å². The highest BCUT2D eigenvalue weighted by Crippen LogP contribution is 2.19. The molecular formula is C11H12BrClFNO. The van der Waals surface area contributed by atoms with E-state index in [4.69, 9.17) is 11.6 Å². The van der Waals surface area contributed by atoms with Crippen LogP contribution in [0.3, 0.4) is 0 Å². The van der Waals surface area contributed by atoms with E-state index in [-0.39, 0.29) is 10.9 Å². The smallest absolute Gasteiger partial charge is 0.255 e. The van der Waals surface area contributed by atoms with Gasteiger partial charge in [0, 0.05) is 11.0 Å². The summed E-state index contributed by atoms with van der Waals surface area (Å²) in [7, 11) is 0. The van der Waals surface area contributed by atoms with Crippen LogP contribution in [0.15, 0.2) is 22.7 Å². The third kappa shape index (κ3) is 3.46. The van der Waals surface area contributed by atoms with Crippen LogP contribution in [0.25, 0.3) is 0 Å². The average molecular weight is 309 g/mol. The Morgan fingerprint density at radius 1 is 1.62 bits per heavy atom. The number of carbonyl (C=O) groups excluding carboxylic acids is 1. The van der Waals surface area contributed by atoms with Gasteiger partial charge in [-0.1, -0.05) is 13.0 Å². The summed E-state index contributed by atoms with van der Waals surface area (Å²) in [6, 6.07) is 4.40. The van der Waals surface area contributed by atoms with Gasteiger partial charge in [0.2, 0.25) is 0 Å².